The second kappa shape index (κ2) is 13.9. The Morgan fingerprint density at radius 1 is 0.882 bits per heavy atom. The molecule has 17 heavy (non-hydrogen) atoms. The number of nitrogens with zero attached hydrogens (tertiary/aromatic N) is 7. The second-order valence-corrected chi connectivity index (χ2v) is 2.95. The first-order chi connectivity index (χ1) is 8.41. The summed E-state index contributed by atoms with van der Waals surface area (Å²) in [5, 5.41) is 23.1. The van der Waals surface area contributed by atoms with Gasteiger partial charge in [0.15, 0.2) is 12.7 Å². The van der Waals surface area contributed by atoms with Gasteiger partial charge in [0.2, 0.25) is 0 Å². The summed E-state index contributed by atoms with van der Waals surface area (Å²) in [5.41, 5.74) is 0. The zero-order chi connectivity index (χ0) is 12.6. The average Bonchev–Trinajstić information content (AvgIpc) is 2.35. The van der Waals surface area contributed by atoms with Gasteiger partial charge in [-0.1, -0.05) is 17.9 Å². The fraction of sp³-hybridized carbons (Fsp3) is 0.750. The van der Waals surface area contributed by atoms with Gasteiger partial charge in [0.1, 0.15) is 0 Å². The summed E-state index contributed by atoms with van der Waals surface area (Å²) < 4.78 is 0. The maximum Gasteiger partial charge on any atom is 0.163 e. The maximum absolute atomic E-state index is 9.53. The normalized spacial score (nSPS) is 12.5. The van der Waals surface area contributed by atoms with Crippen LogP contribution >= 0.6 is 0 Å². The lowest BCUT2D eigenvalue weighted by Crippen LogP contribution is -1.85. The highest BCUT2D eigenvalue weighted by molar-refractivity contribution is 5.53. The van der Waals surface area contributed by atoms with Crippen LogP contribution in [0.15, 0.2) is 35.9 Å². The molecule has 9 heteroatoms. The molecule has 9 nitrogen and oxygen atoms in total. The van der Waals surface area contributed by atoms with Gasteiger partial charge >= 0.3 is 0 Å². The summed E-state index contributed by atoms with van der Waals surface area (Å²) >= 11 is 0. The van der Waals surface area contributed by atoms with Crippen LogP contribution in [0.1, 0.15) is 25.7 Å². The first kappa shape index (κ1) is 14.9. The van der Waals surface area contributed by atoms with Crippen molar-refractivity contribution in [3.63, 3.8) is 0 Å². The number of hydrogen-bond acceptors (Lipinski definition) is 6. The number of hydrazone groups is 1. The molecule has 0 atom stereocenters. The number of unbranched alkanes of at least 4 members (excludes halogenated alkanes) is 3. The third-order valence-corrected chi connectivity index (χ3v) is 1.70. The van der Waals surface area contributed by atoms with Crippen LogP contribution in [-0.4, -0.2) is 25.8 Å². The van der Waals surface area contributed by atoms with E-state index in [-0.39, 0.29) is 0 Å². The molecule has 0 unspecified atom stereocenters. The van der Waals surface area contributed by atoms with Crippen molar-refractivity contribution in [2.75, 3.05) is 13.1 Å². The van der Waals surface area contributed by atoms with Crippen LogP contribution in [0, 0.1) is 4.91 Å². The van der Waals surface area contributed by atoms with Crippen molar-refractivity contribution in [3.05, 3.63) is 4.91 Å². The minimum atomic E-state index is 0.617. The number of hydrogen-bond donors (Lipinski definition) is 1. The van der Waals surface area contributed by atoms with Crippen molar-refractivity contribution in [1.82, 2.24) is 0 Å². The lowest BCUT2D eigenvalue weighted by Gasteiger charge is -1.94. The van der Waals surface area contributed by atoms with Crippen molar-refractivity contribution in [2.45, 2.75) is 25.7 Å². The van der Waals surface area contributed by atoms with E-state index in [1.54, 1.807) is 0 Å². The molecule has 0 heterocycles. The van der Waals surface area contributed by atoms with Gasteiger partial charge in [-0.05, 0) is 12.8 Å². The molecule has 0 saturated heterocycles. The largest absolute Gasteiger partial charge is 0.322 e. The molecule has 0 amide bonds. The van der Waals surface area contributed by atoms with E-state index < -0.39 is 0 Å². The lowest BCUT2D eigenvalue weighted by molar-refractivity contribution is 0.642. The maximum atomic E-state index is 9.53. The molecular weight excluding hydrogens is 224 g/mol. The Balaban J connectivity index is 3.21. The fourth-order valence-electron chi connectivity index (χ4n) is 0.981. The number of azo groups is 2. The van der Waals surface area contributed by atoms with Gasteiger partial charge in [-0.15, -0.1) is 15.1 Å². The van der Waals surface area contributed by atoms with Crippen LogP contribution in [0.5, 0.6) is 0 Å². The number of rotatable bonds is 10. The molecule has 0 rings (SSSR count). The van der Waals surface area contributed by atoms with E-state index in [4.69, 9.17) is 5.84 Å². The molecular formula is C8H16N8O. The van der Waals surface area contributed by atoms with Gasteiger partial charge in [-0.25, -0.2) is 0 Å². The summed E-state index contributed by atoms with van der Waals surface area (Å²) in [6.45, 7) is 1.29. The quantitative estimate of drug-likeness (QED) is 0.119. The van der Waals surface area contributed by atoms with Crippen LogP contribution in [-0.2, 0) is 0 Å². The zero-order valence-corrected chi connectivity index (χ0v) is 9.51. The molecule has 0 aromatic heterocycles. The summed E-state index contributed by atoms with van der Waals surface area (Å²) in [4.78, 5) is 9.53. The first-order valence-corrected chi connectivity index (χ1v) is 5.21. The van der Waals surface area contributed by atoms with Crippen molar-refractivity contribution in [3.8, 4) is 0 Å². The van der Waals surface area contributed by atoms with E-state index in [2.05, 4.69) is 35.9 Å². The van der Waals surface area contributed by atoms with Crippen LogP contribution in [0.2, 0.25) is 0 Å². The minimum absolute atomic E-state index is 0.617. The van der Waals surface area contributed by atoms with E-state index in [0.717, 1.165) is 32.0 Å². The van der Waals surface area contributed by atoms with E-state index in [1.807, 2.05) is 0 Å². The molecule has 0 bridgehead atoms. The van der Waals surface area contributed by atoms with Gasteiger partial charge in [0.25, 0.3) is 0 Å². The van der Waals surface area contributed by atoms with Gasteiger partial charge in [-0.3, -0.25) is 0 Å². The Bertz CT molecular complexity index is 285. The van der Waals surface area contributed by atoms with Crippen LogP contribution < -0.4 is 5.84 Å². The van der Waals surface area contributed by atoms with Crippen LogP contribution in [0.3, 0.4) is 0 Å². The first-order valence-electron chi connectivity index (χ1n) is 5.21. The molecule has 0 fully saturated rings. The second-order valence-electron chi connectivity index (χ2n) is 2.95. The van der Waals surface area contributed by atoms with Crippen molar-refractivity contribution in [1.29, 1.82) is 0 Å². The zero-order valence-electron chi connectivity index (χ0n) is 9.51. The predicted molar refractivity (Wildman–Crippen MR) is 64.9 cm³/mol. The molecule has 0 radical (unpaired) electrons. The SMILES string of the molecule is NN=CN=NCCCCCCN=NC=NN=O. The van der Waals surface area contributed by atoms with Crippen LogP contribution in [0.4, 0.5) is 0 Å². The van der Waals surface area contributed by atoms with Crippen molar-refractivity contribution >= 4 is 12.7 Å². The van der Waals surface area contributed by atoms with E-state index in [0.29, 0.717) is 13.1 Å². The molecule has 0 aliphatic carbocycles. The average molecular weight is 240 g/mol. The third kappa shape index (κ3) is 13.9. The molecule has 0 aromatic rings. The Kier molecular flexibility index (Phi) is 12.3. The van der Waals surface area contributed by atoms with E-state index >= 15 is 0 Å². The lowest BCUT2D eigenvalue weighted by atomic mass is 10.2. The Hall–Kier alpha value is -2.06. The van der Waals surface area contributed by atoms with Crippen molar-refractivity contribution < 1.29 is 0 Å². The van der Waals surface area contributed by atoms with Gasteiger partial charge in [0, 0.05) is 0 Å². The fourth-order valence-corrected chi connectivity index (χ4v) is 0.981. The number of nitrogens with two attached hydrogens (primary N) is 1. The minimum Gasteiger partial charge on any atom is -0.322 e. The van der Waals surface area contributed by atoms with Gasteiger partial charge in [-0.2, -0.15) is 15.3 Å². The predicted octanol–water partition coefficient (Wildman–Crippen LogP) is 2.06. The van der Waals surface area contributed by atoms with E-state index in [1.165, 1.54) is 6.34 Å². The molecule has 0 aliphatic rings. The van der Waals surface area contributed by atoms with Crippen molar-refractivity contribution in [2.24, 2.45) is 41.8 Å². The molecule has 0 saturated carbocycles. The number of nitroso groups, excluding NO2 is 1. The topological polar surface area (TPSA) is 130 Å². The van der Waals surface area contributed by atoms with Gasteiger partial charge < -0.3 is 5.84 Å². The monoisotopic (exact) mass is 240 g/mol. The summed E-state index contributed by atoms with van der Waals surface area (Å²) in [7, 11) is 0. The highest BCUT2D eigenvalue weighted by Gasteiger charge is 1.88. The summed E-state index contributed by atoms with van der Waals surface area (Å²) in [5.74, 6) is 4.83. The molecule has 0 spiro atoms. The smallest absolute Gasteiger partial charge is 0.163 e. The summed E-state index contributed by atoms with van der Waals surface area (Å²) in [6.07, 6.45) is 6.23. The third-order valence-electron chi connectivity index (χ3n) is 1.70. The van der Waals surface area contributed by atoms with Crippen LogP contribution in [0.25, 0.3) is 0 Å². The Morgan fingerprint density at radius 2 is 1.47 bits per heavy atom. The molecule has 0 aromatic carbocycles. The molecule has 2 N–H and O–H groups in total. The van der Waals surface area contributed by atoms with Gasteiger partial charge in [0.05, 0.1) is 18.4 Å². The molecule has 94 valence electrons. The Morgan fingerprint density at radius 3 is 2.00 bits per heavy atom. The van der Waals surface area contributed by atoms with E-state index in [9.17, 15) is 4.91 Å². The highest BCUT2D eigenvalue weighted by Crippen LogP contribution is 2.00. The Labute approximate surface area is 99.0 Å². The highest BCUT2D eigenvalue weighted by atomic mass is 16.3. The molecule has 0 aliphatic heterocycles. The standard InChI is InChI=1S/C8H16N8O/c9-10-7-13-11-5-3-1-2-4-6-12-14-8-15-16-17/h7-8H,1-6,9H2. The summed E-state index contributed by atoms with van der Waals surface area (Å²) in [6, 6.07) is 0.